The molecule has 2 fully saturated rings. The fourth-order valence-corrected chi connectivity index (χ4v) is 4.45. The molecule has 20 heavy (non-hydrogen) atoms. The van der Waals surface area contributed by atoms with E-state index >= 15 is 0 Å². The molecule has 0 bridgehead atoms. The number of halogens is 2. The van der Waals surface area contributed by atoms with E-state index in [9.17, 15) is 18.0 Å². The summed E-state index contributed by atoms with van der Waals surface area (Å²) in [6, 6.07) is -0.414. The molecule has 1 saturated carbocycles. The van der Waals surface area contributed by atoms with E-state index < -0.39 is 44.1 Å². The topological polar surface area (TPSA) is 89.5 Å². The predicted molar refractivity (Wildman–Crippen MR) is 73.3 cm³/mol. The number of ether oxygens (including phenoxy) is 1. The van der Waals surface area contributed by atoms with E-state index in [1.807, 2.05) is 0 Å². The van der Waals surface area contributed by atoms with Gasteiger partial charge in [0.15, 0.2) is 16.4 Å². The van der Waals surface area contributed by atoms with Crippen LogP contribution in [-0.2, 0) is 24.2 Å². The lowest BCUT2D eigenvalue weighted by molar-refractivity contribution is -0.153. The zero-order valence-corrected chi connectivity index (χ0v) is 13.1. The van der Waals surface area contributed by atoms with Gasteiger partial charge < -0.3 is 10.1 Å². The third kappa shape index (κ3) is 3.20. The molecule has 0 spiro atoms. The number of alkyl halides is 2. The molecule has 114 valence electrons. The standard InChI is InChI=1S/C11H15Cl2NO5S/c1-10(6-11(10,12)13)9(16)19-4-8(15)14-7-2-3-20(17,18)5-7/h7H,2-6H2,1H3,(H,14,15)/t7-,10+/m1/s1. The van der Waals surface area contributed by atoms with E-state index in [1.54, 1.807) is 6.92 Å². The highest BCUT2D eigenvalue weighted by molar-refractivity contribution is 7.91. The maximum absolute atomic E-state index is 11.7. The van der Waals surface area contributed by atoms with Crippen molar-refractivity contribution in [2.24, 2.45) is 5.41 Å². The molecule has 1 aliphatic carbocycles. The summed E-state index contributed by atoms with van der Waals surface area (Å²) in [5.74, 6) is -1.16. The van der Waals surface area contributed by atoms with Crippen LogP contribution in [0.1, 0.15) is 19.8 Å². The number of carbonyl (C=O) groups excluding carboxylic acids is 2. The molecule has 1 saturated heterocycles. The Labute approximate surface area is 127 Å². The van der Waals surface area contributed by atoms with Gasteiger partial charge in [0.05, 0.1) is 11.5 Å². The monoisotopic (exact) mass is 343 g/mol. The Kier molecular flexibility index (Phi) is 3.99. The lowest BCUT2D eigenvalue weighted by Gasteiger charge is -2.13. The van der Waals surface area contributed by atoms with E-state index in [0.29, 0.717) is 6.42 Å². The van der Waals surface area contributed by atoms with Gasteiger partial charge in [0.2, 0.25) is 0 Å². The van der Waals surface area contributed by atoms with Crippen LogP contribution in [0.15, 0.2) is 0 Å². The van der Waals surface area contributed by atoms with Crippen LogP contribution in [0.4, 0.5) is 0 Å². The van der Waals surface area contributed by atoms with Crippen LogP contribution in [0.5, 0.6) is 0 Å². The third-order valence-electron chi connectivity index (χ3n) is 3.64. The Balaban J connectivity index is 1.75. The number of esters is 1. The van der Waals surface area contributed by atoms with Crippen LogP contribution in [0.2, 0.25) is 0 Å². The molecule has 0 aromatic carbocycles. The van der Waals surface area contributed by atoms with Gasteiger partial charge in [0.1, 0.15) is 9.75 Å². The maximum atomic E-state index is 11.7. The molecule has 1 heterocycles. The number of nitrogens with one attached hydrogen (secondary N) is 1. The smallest absolute Gasteiger partial charge is 0.315 e. The van der Waals surface area contributed by atoms with Crippen molar-refractivity contribution in [2.75, 3.05) is 18.1 Å². The average Bonchev–Trinajstić information content (AvgIpc) is 2.63. The molecule has 1 amide bonds. The Morgan fingerprint density at radius 3 is 2.45 bits per heavy atom. The molecule has 1 aliphatic heterocycles. The second kappa shape index (κ2) is 5.03. The molecular formula is C11H15Cl2NO5S. The summed E-state index contributed by atoms with van der Waals surface area (Å²) in [4.78, 5) is 23.3. The molecule has 0 aromatic heterocycles. The van der Waals surface area contributed by atoms with Gasteiger partial charge in [0, 0.05) is 12.5 Å². The summed E-state index contributed by atoms with van der Waals surface area (Å²) < 4.78 is 26.2. The second-order valence-corrected chi connectivity index (χ2v) is 9.17. The van der Waals surface area contributed by atoms with Gasteiger partial charge in [-0.25, -0.2) is 8.42 Å². The van der Waals surface area contributed by atoms with E-state index in [4.69, 9.17) is 27.9 Å². The quantitative estimate of drug-likeness (QED) is 0.590. The van der Waals surface area contributed by atoms with Crippen molar-refractivity contribution >= 4 is 44.9 Å². The van der Waals surface area contributed by atoms with Gasteiger partial charge in [-0.3, -0.25) is 9.59 Å². The lowest BCUT2D eigenvalue weighted by atomic mass is 10.1. The molecule has 6 nitrogen and oxygen atoms in total. The highest BCUT2D eigenvalue weighted by Gasteiger charge is 2.69. The summed E-state index contributed by atoms with van der Waals surface area (Å²) >= 11 is 11.6. The van der Waals surface area contributed by atoms with Crippen molar-refractivity contribution in [3.63, 3.8) is 0 Å². The van der Waals surface area contributed by atoms with E-state index in [-0.39, 0.29) is 17.9 Å². The number of rotatable bonds is 4. The van der Waals surface area contributed by atoms with Gasteiger partial charge in [0.25, 0.3) is 5.91 Å². The molecule has 2 atom stereocenters. The first kappa shape index (κ1) is 15.9. The summed E-state index contributed by atoms with van der Waals surface area (Å²) in [5.41, 5.74) is -0.979. The van der Waals surface area contributed by atoms with Crippen molar-refractivity contribution in [2.45, 2.75) is 30.1 Å². The molecule has 0 aromatic rings. The maximum Gasteiger partial charge on any atom is 0.315 e. The fraction of sp³-hybridized carbons (Fsp3) is 0.818. The normalized spacial score (nSPS) is 33.5. The van der Waals surface area contributed by atoms with Crippen LogP contribution in [0.3, 0.4) is 0 Å². The zero-order valence-electron chi connectivity index (χ0n) is 10.8. The SMILES string of the molecule is C[C@@]1(C(=O)OCC(=O)N[C@@H]2CCS(=O)(=O)C2)CC1(Cl)Cl. The highest BCUT2D eigenvalue weighted by Crippen LogP contribution is 2.64. The Morgan fingerprint density at radius 1 is 1.40 bits per heavy atom. The molecule has 0 radical (unpaired) electrons. The number of amides is 1. The molecule has 1 N–H and O–H groups in total. The number of carbonyl (C=O) groups is 2. The lowest BCUT2D eigenvalue weighted by Crippen LogP contribution is -2.39. The average molecular weight is 344 g/mol. The summed E-state index contributed by atoms with van der Waals surface area (Å²) in [6.45, 7) is 1.10. The third-order valence-corrected chi connectivity index (χ3v) is 6.51. The molecular weight excluding hydrogens is 329 g/mol. The van der Waals surface area contributed by atoms with Crippen LogP contribution in [0.25, 0.3) is 0 Å². The van der Waals surface area contributed by atoms with Crippen molar-refractivity contribution < 1.29 is 22.7 Å². The Bertz CT molecular complexity index is 547. The molecule has 9 heteroatoms. The van der Waals surface area contributed by atoms with Crippen molar-refractivity contribution in [3.8, 4) is 0 Å². The van der Waals surface area contributed by atoms with E-state index in [2.05, 4.69) is 5.32 Å². The number of sulfone groups is 1. The molecule has 2 aliphatic rings. The van der Waals surface area contributed by atoms with Gasteiger partial charge >= 0.3 is 5.97 Å². The predicted octanol–water partition coefficient (Wildman–Crippen LogP) is 0.417. The van der Waals surface area contributed by atoms with Crippen LogP contribution < -0.4 is 5.32 Å². The Hall–Kier alpha value is -0.530. The van der Waals surface area contributed by atoms with E-state index in [0.717, 1.165) is 0 Å². The van der Waals surface area contributed by atoms with Gasteiger partial charge in [-0.15, -0.1) is 23.2 Å². The number of hydrogen-bond acceptors (Lipinski definition) is 5. The van der Waals surface area contributed by atoms with Crippen LogP contribution in [-0.4, -0.2) is 48.8 Å². The second-order valence-electron chi connectivity index (χ2n) is 5.46. The summed E-state index contributed by atoms with van der Waals surface area (Å²) in [6.07, 6.45) is 0.663. The Morgan fingerprint density at radius 2 is 2.00 bits per heavy atom. The van der Waals surface area contributed by atoms with Gasteiger partial charge in [-0.1, -0.05) is 0 Å². The van der Waals surface area contributed by atoms with Crippen LogP contribution >= 0.6 is 23.2 Å². The van der Waals surface area contributed by atoms with Crippen molar-refractivity contribution in [1.29, 1.82) is 0 Å². The first-order valence-corrected chi connectivity index (χ1v) is 8.68. The minimum Gasteiger partial charge on any atom is -0.455 e. The van der Waals surface area contributed by atoms with Gasteiger partial charge in [-0.2, -0.15) is 0 Å². The molecule has 0 unspecified atom stereocenters. The highest BCUT2D eigenvalue weighted by atomic mass is 35.5. The van der Waals surface area contributed by atoms with Gasteiger partial charge in [-0.05, 0) is 13.3 Å². The largest absolute Gasteiger partial charge is 0.455 e. The minimum absolute atomic E-state index is 0.0663. The molecule has 2 rings (SSSR count). The fourth-order valence-electron chi connectivity index (χ4n) is 2.09. The summed E-state index contributed by atoms with van der Waals surface area (Å²) in [7, 11) is -3.06. The minimum atomic E-state index is -3.06. The number of hydrogen-bond donors (Lipinski definition) is 1. The van der Waals surface area contributed by atoms with E-state index in [1.165, 1.54) is 0 Å². The first-order valence-electron chi connectivity index (χ1n) is 6.11. The van der Waals surface area contributed by atoms with Crippen LogP contribution in [0, 0.1) is 5.41 Å². The zero-order chi connectivity index (χ0) is 15.2. The van der Waals surface area contributed by atoms with Crippen molar-refractivity contribution in [3.05, 3.63) is 0 Å². The van der Waals surface area contributed by atoms with Crippen molar-refractivity contribution in [1.82, 2.24) is 5.32 Å². The first-order chi connectivity index (χ1) is 9.06. The summed E-state index contributed by atoms with van der Waals surface area (Å²) in [5, 5.41) is 2.52.